The number of carbonyl (C=O) groups excluding carboxylic acids is 1. The Morgan fingerprint density at radius 1 is 0.966 bits per heavy atom. The zero-order chi connectivity index (χ0) is 20.8. The molecule has 0 spiro atoms. The molecule has 9 heteroatoms. The van der Waals surface area contributed by atoms with E-state index in [9.17, 15) is 14.9 Å². The Bertz CT molecular complexity index is 1020. The Balaban J connectivity index is 1.88. The highest BCUT2D eigenvalue weighted by Gasteiger charge is 2.27. The molecule has 1 heterocycles. The number of hydrogen-bond donors (Lipinski definition) is 0. The highest BCUT2D eigenvalue weighted by Crippen LogP contribution is 2.37. The minimum absolute atomic E-state index is 0.240. The molecule has 3 aromatic rings. The number of benzene rings is 2. The molecular weight excluding hydrogens is 378 g/mol. The summed E-state index contributed by atoms with van der Waals surface area (Å²) < 4.78 is 15.7. The first kappa shape index (κ1) is 19.7. The molecule has 0 fully saturated rings. The van der Waals surface area contributed by atoms with Gasteiger partial charge in [-0.05, 0) is 48.4 Å². The van der Waals surface area contributed by atoms with Crippen LogP contribution in [0.15, 0.2) is 54.9 Å². The Morgan fingerprint density at radius 3 is 1.93 bits per heavy atom. The summed E-state index contributed by atoms with van der Waals surface area (Å²) in [5.41, 5.74) is 0.912. The minimum Gasteiger partial charge on any atom is -0.465 e. The molecule has 0 atom stereocenters. The average Bonchev–Trinajstić information content (AvgIpc) is 2.74. The highest BCUT2D eigenvalue weighted by atomic mass is 16.6. The van der Waals surface area contributed by atoms with Crippen LogP contribution in [0.2, 0.25) is 0 Å². The van der Waals surface area contributed by atoms with Gasteiger partial charge in [-0.25, -0.2) is 4.79 Å². The Labute approximate surface area is 166 Å². The number of methoxy groups -OCH3 is 1. The van der Waals surface area contributed by atoms with Gasteiger partial charge < -0.3 is 14.2 Å². The molecule has 0 N–H and O–H groups in total. The normalized spacial score (nSPS) is 10.3. The van der Waals surface area contributed by atoms with E-state index < -0.39 is 16.6 Å². The third-order valence-corrected chi connectivity index (χ3v) is 3.97. The van der Waals surface area contributed by atoms with Crippen molar-refractivity contribution in [2.75, 3.05) is 7.11 Å². The van der Waals surface area contributed by atoms with Crippen molar-refractivity contribution < 1.29 is 23.9 Å². The first-order valence-electron chi connectivity index (χ1n) is 8.64. The van der Waals surface area contributed by atoms with Crippen molar-refractivity contribution in [3.63, 3.8) is 0 Å². The Hall–Kier alpha value is -4.01. The fourth-order valence-electron chi connectivity index (χ4n) is 2.45. The lowest BCUT2D eigenvalue weighted by Crippen LogP contribution is -2.02. The fourth-order valence-corrected chi connectivity index (χ4v) is 2.45. The van der Waals surface area contributed by atoms with E-state index in [1.54, 1.807) is 12.1 Å². The molecule has 0 aliphatic rings. The van der Waals surface area contributed by atoms with Crippen LogP contribution in [0.25, 0.3) is 0 Å². The SMILES string of the molecule is CCc1ccc(Oc2ncnc(Oc3ccc(C(=O)OC)cc3)c2[N+](=O)[O-])cc1. The summed E-state index contributed by atoms with van der Waals surface area (Å²) in [5, 5.41) is 11.6. The molecule has 0 radical (unpaired) electrons. The first-order chi connectivity index (χ1) is 14.0. The third kappa shape index (κ3) is 4.64. The van der Waals surface area contributed by atoms with E-state index in [0.29, 0.717) is 11.3 Å². The van der Waals surface area contributed by atoms with Gasteiger partial charge in [0.15, 0.2) is 0 Å². The highest BCUT2D eigenvalue weighted by molar-refractivity contribution is 5.89. The van der Waals surface area contributed by atoms with Crippen LogP contribution in [0.4, 0.5) is 5.69 Å². The van der Waals surface area contributed by atoms with Crippen LogP contribution in [0.5, 0.6) is 23.3 Å². The molecule has 29 heavy (non-hydrogen) atoms. The molecule has 9 nitrogen and oxygen atoms in total. The molecule has 0 bridgehead atoms. The van der Waals surface area contributed by atoms with Gasteiger partial charge in [0, 0.05) is 0 Å². The number of aromatic nitrogens is 2. The maximum absolute atomic E-state index is 11.6. The molecule has 0 saturated heterocycles. The van der Waals surface area contributed by atoms with Crippen LogP contribution in [0.3, 0.4) is 0 Å². The maximum atomic E-state index is 11.6. The summed E-state index contributed by atoms with van der Waals surface area (Å²) in [4.78, 5) is 30.2. The molecule has 0 amide bonds. The van der Waals surface area contributed by atoms with E-state index >= 15 is 0 Å². The van der Waals surface area contributed by atoms with Gasteiger partial charge in [-0.3, -0.25) is 10.1 Å². The quantitative estimate of drug-likeness (QED) is 0.330. The molecule has 3 rings (SSSR count). The van der Waals surface area contributed by atoms with Crippen molar-refractivity contribution in [1.29, 1.82) is 0 Å². The lowest BCUT2D eigenvalue weighted by atomic mass is 10.2. The predicted molar refractivity (Wildman–Crippen MR) is 102 cm³/mol. The van der Waals surface area contributed by atoms with Crippen LogP contribution in [0.1, 0.15) is 22.8 Å². The topological polar surface area (TPSA) is 114 Å². The number of esters is 1. The summed E-state index contributed by atoms with van der Waals surface area (Å²) in [7, 11) is 1.27. The summed E-state index contributed by atoms with van der Waals surface area (Å²) in [6.45, 7) is 2.02. The van der Waals surface area contributed by atoms with E-state index in [1.807, 2.05) is 19.1 Å². The zero-order valence-electron chi connectivity index (χ0n) is 15.7. The number of ether oxygens (including phenoxy) is 3. The summed E-state index contributed by atoms with van der Waals surface area (Å²) in [5.74, 6) is -0.379. The van der Waals surface area contributed by atoms with Gasteiger partial charge in [0.05, 0.1) is 17.6 Å². The van der Waals surface area contributed by atoms with Gasteiger partial charge in [0.2, 0.25) is 0 Å². The van der Waals surface area contributed by atoms with Crippen LogP contribution >= 0.6 is 0 Å². The van der Waals surface area contributed by atoms with Gasteiger partial charge in [-0.1, -0.05) is 19.1 Å². The van der Waals surface area contributed by atoms with Gasteiger partial charge in [-0.15, -0.1) is 0 Å². The molecule has 148 valence electrons. The van der Waals surface area contributed by atoms with Crippen molar-refractivity contribution in [2.24, 2.45) is 0 Å². The molecule has 0 saturated carbocycles. The molecule has 0 aliphatic heterocycles. The standard InChI is InChI=1S/C20H17N3O6/c1-3-13-4-8-15(9-5-13)28-18-17(23(25)26)19(22-12-21-18)29-16-10-6-14(7-11-16)20(24)27-2/h4-12H,3H2,1-2H3. The smallest absolute Gasteiger partial charge is 0.393 e. The van der Waals surface area contributed by atoms with E-state index in [1.165, 1.54) is 31.4 Å². The molecule has 1 aromatic heterocycles. The Kier molecular flexibility index (Phi) is 5.98. The van der Waals surface area contributed by atoms with Crippen LogP contribution in [0, 0.1) is 10.1 Å². The van der Waals surface area contributed by atoms with Crippen molar-refractivity contribution in [2.45, 2.75) is 13.3 Å². The summed E-state index contributed by atoms with van der Waals surface area (Å²) in [6, 6.07) is 13.0. The summed E-state index contributed by atoms with van der Waals surface area (Å²) in [6.07, 6.45) is 1.97. The number of hydrogen-bond acceptors (Lipinski definition) is 8. The summed E-state index contributed by atoms with van der Waals surface area (Å²) >= 11 is 0. The van der Waals surface area contributed by atoms with Gasteiger partial charge >= 0.3 is 23.4 Å². The third-order valence-electron chi connectivity index (χ3n) is 3.97. The number of carbonyl (C=O) groups is 1. The maximum Gasteiger partial charge on any atom is 0.393 e. The van der Waals surface area contributed by atoms with Gasteiger partial charge in [-0.2, -0.15) is 9.97 Å². The van der Waals surface area contributed by atoms with Gasteiger partial charge in [0.25, 0.3) is 0 Å². The van der Waals surface area contributed by atoms with E-state index in [4.69, 9.17) is 9.47 Å². The number of nitro groups is 1. The second-order valence-corrected chi connectivity index (χ2v) is 5.81. The molecular formula is C20H17N3O6. The average molecular weight is 395 g/mol. The van der Waals surface area contributed by atoms with Crippen molar-refractivity contribution in [3.8, 4) is 23.3 Å². The monoisotopic (exact) mass is 395 g/mol. The minimum atomic E-state index is -0.673. The largest absolute Gasteiger partial charge is 0.465 e. The van der Waals surface area contributed by atoms with E-state index in [0.717, 1.165) is 18.3 Å². The fraction of sp³-hybridized carbons (Fsp3) is 0.150. The first-order valence-corrected chi connectivity index (χ1v) is 8.64. The van der Waals surface area contributed by atoms with Crippen molar-refractivity contribution in [3.05, 3.63) is 76.1 Å². The van der Waals surface area contributed by atoms with Crippen molar-refractivity contribution in [1.82, 2.24) is 9.97 Å². The molecule has 2 aromatic carbocycles. The number of rotatable bonds is 7. The molecule has 0 unspecified atom stereocenters. The number of nitrogens with zero attached hydrogens (tertiary/aromatic N) is 3. The van der Waals surface area contributed by atoms with Crippen LogP contribution in [-0.4, -0.2) is 28.0 Å². The molecule has 0 aliphatic carbocycles. The van der Waals surface area contributed by atoms with Crippen molar-refractivity contribution >= 4 is 11.7 Å². The second kappa shape index (κ2) is 8.79. The lowest BCUT2D eigenvalue weighted by molar-refractivity contribution is -0.387. The van der Waals surface area contributed by atoms with E-state index in [-0.39, 0.29) is 17.5 Å². The second-order valence-electron chi connectivity index (χ2n) is 5.81. The number of aryl methyl sites for hydroxylation is 1. The van der Waals surface area contributed by atoms with Gasteiger partial charge in [0.1, 0.15) is 17.8 Å². The van der Waals surface area contributed by atoms with E-state index in [2.05, 4.69) is 14.7 Å². The van der Waals surface area contributed by atoms with Crippen LogP contribution < -0.4 is 9.47 Å². The predicted octanol–water partition coefficient (Wildman–Crippen LogP) is 4.32. The zero-order valence-corrected chi connectivity index (χ0v) is 15.7. The lowest BCUT2D eigenvalue weighted by Gasteiger charge is -2.09. The Morgan fingerprint density at radius 2 is 1.48 bits per heavy atom. The van der Waals surface area contributed by atoms with Crippen LogP contribution in [-0.2, 0) is 11.2 Å².